The molecule has 1 rings (SSSR count). The fourth-order valence-corrected chi connectivity index (χ4v) is 3.43. The molecule has 194 valence electrons. The smallest absolute Gasteiger partial charge is 0.249 e. The highest BCUT2D eigenvalue weighted by atomic mass is 16.7. The van der Waals surface area contributed by atoms with Gasteiger partial charge in [-0.2, -0.15) is 0 Å². The number of methoxy groups -OCH3 is 3. The summed E-state index contributed by atoms with van der Waals surface area (Å²) < 4.78 is 26.9. The number of carbonyl (C=O) groups excluding carboxylic acids is 2. The van der Waals surface area contributed by atoms with E-state index in [1.807, 2.05) is 0 Å². The van der Waals surface area contributed by atoms with E-state index in [4.69, 9.17) is 28.8 Å². The van der Waals surface area contributed by atoms with Gasteiger partial charge in [0.05, 0.1) is 18.7 Å². The molecule has 33 heavy (non-hydrogen) atoms. The second kappa shape index (κ2) is 16.3. The van der Waals surface area contributed by atoms with Gasteiger partial charge in [0.15, 0.2) is 12.6 Å². The van der Waals surface area contributed by atoms with Crippen molar-refractivity contribution >= 4 is 11.8 Å². The van der Waals surface area contributed by atoms with Crippen LogP contribution in [-0.2, 0) is 33.3 Å². The molecule has 2 amide bonds. The minimum Gasteiger partial charge on any atom is -0.396 e. The first-order valence-electron chi connectivity index (χ1n) is 11.2. The van der Waals surface area contributed by atoms with Crippen LogP contribution in [0, 0.1) is 0 Å². The Labute approximate surface area is 194 Å². The predicted octanol–water partition coefficient (Wildman–Crippen LogP) is -1.35. The van der Waals surface area contributed by atoms with Crippen molar-refractivity contribution in [1.82, 2.24) is 10.6 Å². The normalized spacial score (nSPS) is 26.2. The molecule has 12 nitrogen and oxygen atoms in total. The van der Waals surface area contributed by atoms with Crippen molar-refractivity contribution < 1.29 is 48.6 Å². The summed E-state index contributed by atoms with van der Waals surface area (Å²) in [4.78, 5) is 23.9. The van der Waals surface area contributed by atoms with Gasteiger partial charge in [-0.25, -0.2) is 0 Å². The van der Waals surface area contributed by atoms with Crippen LogP contribution >= 0.6 is 0 Å². The van der Waals surface area contributed by atoms with Crippen LogP contribution in [0.4, 0.5) is 0 Å². The molecule has 1 fully saturated rings. The molecule has 0 radical (unpaired) electrons. The van der Waals surface area contributed by atoms with Gasteiger partial charge >= 0.3 is 0 Å². The molecule has 0 saturated carbocycles. The van der Waals surface area contributed by atoms with Gasteiger partial charge in [-0.05, 0) is 19.8 Å². The third kappa shape index (κ3) is 10.2. The summed E-state index contributed by atoms with van der Waals surface area (Å²) >= 11 is 0. The lowest BCUT2D eigenvalue weighted by Gasteiger charge is -2.43. The van der Waals surface area contributed by atoms with Crippen molar-refractivity contribution in [3.8, 4) is 0 Å². The lowest BCUT2D eigenvalue weighted by Crippen LogP contribution is -2.64. The van der Waals surface area contributed by atoms with Crippen LogP contribution < -0.4 is 10.6 Å². The second-order valence-corrected chi connectivity index (χ2v) is 7.85. The molecule has 1 saturated heterocycles. The Bertz CT molecular complexity index is 563. The lowest BCUT2D eigenvalue weighted by molar-refractivity contribution is -0.278. The Kier molecular flexibility index (Phi) is 14.6. The quantitative estimate of drug-likeness (QED) is 0.132. The van der Waals surface area contributed by atoms with Crippen LogP contribution in [-0.4, -0.2) is 111 Å². The fourth-order valence-electron chi connectivity index (χ4n) is 3.43. The number of aliphatic hydroxyl groups is 3. The first kappa shape index (κ1) is 29.7. The fraction of sp³-hybridized carbons (Fsp3) is 0.905. The van der Waals surface area contributed by atoms with E-state index in [1.54, 1.807) is 6.92 Å². The Balaban J connectivity index is 2.36. The van der Waals surface area contributed by atoms with Crippen molar-refractivity contribution in [2.75, 3.05) is 41.1 Å². The maximum atomic E-state index is 12.0. The van der Waals surface area contributed by atoms with Crippen molar-refractivity contribution in [3.05, 3.63) is 0 Å². The number of unbranched alkanes of at least 4 members (excludes halogenated alkanes) is 2. The summed E-state index contributed by atoms with van der Waals surface area (Å²) in [6, 6.07) is -0.815. The predicted molar refractivity (Wildman–Crippen MR) is 116 cm³/mol. The number of rotatable bonds is 16. The number of ether oxygens (including phenoxy) is 5. The Morgan fingerprint density at radius 1 is 1.12 bits per heavy atom. The third-order valence-electron chi connectivity index (χ3n) is 5.44. The first-order valence-corrected chi connectivity index (χ1v) is 11.2. The van der Waals surface area contributed by atoms with Crippen LogP contribution in [0.5, 0.6) is 0 Å². The highest BCUT2D eigenvalue weighted by molar-refractivity contribution is 5.80. The molecular formula is C21H40N2O10. The number of nitrogens with one attached hydrogen (secondary N) is 2. The van der Waals surface area contributed by atoms with Crippen molar-refractivity contribution in [3.63, 3.8) is 0 Å². The average molecular weight is 481 g/mol. The van der Waals surface area contributed by atoms with Gasteiger partial charge in [-0.3, -0.25) is 9.59 Å². The zero-order valence-corrected chi connectivity index (χ0v) is 19.9. The van der Waals surface area contributed by atoms with Crippen LogP contribution in [0.2, 0.25) is 0 Å². The maximum Gasteiger partial charge on any atom is 0.249 e. The Morgan fingerprint density at radius 3 is 2.42 bits per heavy atom. The van der Waals surface area contributed by atoms with E-state index in [0.29, 0.717) is 25.9 Å². The van der Waals surface area contributed by atoms with E-state index in [2.05, 4.69) is 10.6 Å². The van der Waals surface area contributed by atoms with Crippen LogP contribution in [0.3, 0.4) is 0 Å². The van der Waals surface area contributed by atoms with Crippen LogP contribution in [0.1, 0.15) is 39.0 Å². The molecule has 0 bridgehead atoms. The van der Waals surface area contributed by atoms with Gasteiger partial charge < -0.3 is 49.6 Å². The molecule has 0 aromatic rings. The lowest BCUT2D eigenvalue weighted by atomic mass is 9.96. The monoisotopic (exact) mass is 480 g/mol. The van der Waals surface area contributed by atoms with Gasteiger partial charge in [-0.15, -0.1) is 0 Å². The molecule has 5 N–H and O–H groups in total. The Hall–Kier alpha value is -1.38. The number of hydrogen-bond donors (Lipinski definition) is 5. The molecule has 0 aliphatic carbocycles. The van der Waals surface area contributed by atoms with Crippen LogP contribution in [0.15, 0.2) is 0 Å². The van der Waals surface area contributed by atoms with E-state index in [1.165, 1.54) is 21.3 Å². The molecule has 12 heteroatoms. The largest absolute Gasteiger partial charge is 0.396 e. The van der Waals surface area contributed by atoms with E-state index in [-0.39, 0.29) is 25.5 Å². The number of amides is 2. The van der Waals surface area contributed by atoms with Gasteiger partial charge in [0, 0.05) is 47.4 Å². The molecule has 6 atom stereocenters. The van der Waals surface area contributed by atoms with Gasteiger partial charge in [0.25, 0.3) is 0 Å². The molecule has 0 spiro atoms. The van der Waals surface area contributed by atoms with Crippen molar-refractivity contribution in [2.24, 2.45) is 0 Å². The van der Waals surface area contributed by atoms with E-state index >= 15 is 0 Å². The van der Waals surface area contributed by atoms with E-state index < -0.39 is 48.9 Å². The number of carbonyl (C=O) groups is 2. The minimum absolute atomic E-state index is 0.0841. The summed E-state index contributed by atoms with van der Waals surface area (Å²) in [5, 5.41) is 34.5. The van der Waals surface area contributed by atoms with Crippen LogP contribution in [0.25, 0.3) is 0 Å². The van der Waals surface area contributed by atoms with Gasteiger partial charge in [0.1, 0.15) is 18.3 Å². The summed E-state index contributed by atoms with van der Waals surface area (Å²) in [6.45, 7) is 1.96. The summed E-state index contributed by atoms with van der Waals surface area (Å²) in [5.41, 5.74) is 0. The minimum atomic E-state index is -1.38. The Morgan fingerprint density at radius 2 is 1.82 bits per heavy atom. The molecule has 0 aromatic heterocycles. The average Bonchev–Trinajstić information content (AvgIpc) is 2.79. The third-order valence-corrected chi connectivity index (χ3v) is 5.44. The first-order chi connectivity index (χ1) is 15.8. The summed E-state index contributed by atoms with van der Waals surface area (Å²) in [5.74, 6) is -0.791. The second-order valence-electron chi connectivity index (χ2n) is 7.85. The van der Waals surface area contributed by atoms with E-state index in [9.17, 15) is 19.8 Å². The standard InChI is InChI=1S/C21H40N2O10/c1-13-17(23-20(28)14(25)9-10-24)18(27)19(31-4)21(33-13)32-11-7-5-6-8-15(26)22-12-16(29-2)30-3/h13-14,16-19,21,24-25,27H,5-12H2,1-4H3,(H,22,26)(H,23,28)/t13-,14+,17-,18+,19+,21+/m1/s1. The van der Waals surface area contributed by atoms with Crippen molar-refractivity contribution in [1.29, 1.82) is 0 Å². The number of aliphatic hydroxyl groups excluding tert-OH is 3. The zero-order valence-electron chi connectivity index (χ0n) is 19.9. The van der Waals surface area contributed by atoms with E-state index in [0.717, 1.165) is 6.42 Å². The summed E-state index contributed by atoms with van der Waals surface area (Å²) in [7, 11) is 4.41. The highest BCUT2D eigenvalue weighted by Crippen LogP contribution is 2.24. The zero-order chi connectivity index (χ0) is 24.8. The topological polar surface area (TPSA) is 165 Å². The SMILES string of the molecule is COC(CNC(=O)CCCCCO[C@H]1O[C@H](C)[C@@H](NC(=O)[C@@H](O)CCO)[C@H](O)[C@@H]1OC)OC. The van der Waals surface area contributed by atoms with Gasteiger partial charge in [0.2, 0.25) is 11.8 Å². The molecule has 1 aliphatic rings. The van der Waals surface area contributed by atoms with Gasteiger partial charge in [-0.1, -0.05) is 6.42 Å². The highest BCUT2D eigenvalue weighted by Gasteiger charge is 2.45. The molecular weight excluding hydrogens is 440 g/mol. The number of hydrogen-bond acceptors (Lipinski definition) is 10. The maximum absolute atomic E-state index is 12.0. The molecule has 0 aromatic carbocycles. The summed E-state index contributed by atoms with van der Waals surface area (Å²) in [6.07, 6.45) is -2.87. The van der Waals surface area contributed by atoms with Crippen molar-refractivity contribution in [2.45, 2.75) is 82.1 Å². The molecule has 1 heterocycles. The molecule has 0 unspecified atom stereocenters. The molecule has 1 aliphatic heterocycles.